The van der Waals surface area contributed by atoms with Gasteiger partial charge in [0.2, 0.25) is 0 Å². The first kappa shape index (κ1) is 11.8. The zero-order valence-electron chi connectivity index (χ0n) is 8.68. The third-order valence-electron chi connectivity index (χ3n) is 2.64. The number of halogens is 4. The van der Waals surface area contributed by atoms with Gasteiger partial charge in [0, 0.05) is 12.5 Å². The van der Waals surface area contributed by atoms with Crippen molar-refractivity contribution in [3.63, 3.8) is 0 Å². The summed E-state index contributed by atoms with van der Waals surface area (Å²) in [4.78, 5) is 0. The number of rotatable bonds is 1. The summed E-state index contributed by atoms with van der Waals surface area (Å²) in [6, 6.07) is 3.34. The van der Waals surface area contributed by atoms with Crippen LogP contribution in [0.4, 0.5) is 17.6 Å². The van der Waals surface area contributed by atoms with E-state index in [0.717, 1.165) is 6.07 Å². The van der Waals surface area contributed by atoms with Crippen molar-refractivity contribution in [2.24, 2.45) is 5.73 Å². The van der Waals surface area contributed by atoms with E-state index in [1.165, 1.54) is 18.2 Å². The molecule has 1 atom stereocenters. The van der Waals surface area contributed by atoms with Crippen LogP contribution in [0, 0.1) is 5.82 Å². The maximum Gasteiger partial charge on any atom is 0.419 e. The average Bonchev–Trinajstić information content (AvgIpc) is 2.62. The SMILES string of the molecule is NC1=CC(c2cccc(F)c2C(F)(F)F)CN1. The molecule has 1 aromatic carbocycles. The van der Waals surface area contributed by atoms with Gasteiger partial charge in [0.25, 0.3) is 0 Å². The Hall–Kier alpha value is -1.72. The smallest absolute Gasteiger partial charge is 0.386 e. The minimum atomic E-state index is -4.70. The molecular weight excluding hydrogens is 236 g/mol. The minimum absolute atomic E-state index is 0.0922. The summed E-state index contributed by atoms with van der Waals surface area (Å²) in [6.45, 7) is 0.248. The molecule has 1 aromatic rings. The molecule has 92 valence electrons. The van der Waals surface area contributed by atoms with E-state index in [1.807, 2.05) is 0 Å². The third-order valence-corrected chi connectivity index (χ3v) is 2.64. The van der Waals surface area contributed by atoms with Gasteiger partial charge in [-0.15, -0.1) is 0 Å². The largest absolute Gasteiger partial charge is 0.419 e. The maximum absolute atomic E-state index is 13.3. The molecule has 6 heteroatoms. The standard InChI is InChI=1S/C11H10F4N2/c12-8-3-1-2-7(10(8)11(13,14)15)6-4-9(16)17-5-6/h1-4,6,17H,5,16H2. The molecule has 0 radical (unpaired) electrons. The first-order chi connectivity index (χ1) is 7.89. The predicted octanol–water partition coefficient (Wildman–Crippen LogP) is 2.33. The van der Waals surface area contributed by atoms with E-state index >= 15 is 0 Å². The molecular formula is C11H10F4N2. The first-order valence-corrected chi connectivity index (χ1v) is 4.96. The lowest BCUT2D eigenvalue weighted by Crippen LogP contribution is -2.18. The van der Waals surface area contributed by atoms with Gasteiger partial charge in [0.15, 0.2) is 0 Å². The summed E-state index contributed by atoms with van der Waals surface area (Å²) in [5, 5.41) is 2.72. The fourth-order valence-corrected chi connectivity index (χ4v) is 1.91. The van der Waals surface area contributed by atoms with E-state index in [9.17, 15) is 17.6 Å². The average molecular weight is 246 g/mol. The Bertz CT molecular complexity index is 465. The molecule has 0 saturated carbocycles. The van der Waals surface area contributed by atoms with Gasteiger partial charge in [-0.05, 0) is 17.7 Å². The Balaban J connectivity index is 2.51. The van der Waals surface area contributed by atoms with Crippen LogP contribution in [0.1, 0.15) is 17.0 Å². The van der Waals surface area contributed by atoms with Gasteiger partial charge in [-0.2, -0.15) is 13.2 Å². The molecule has 1 unspecified atom stereocenters. The molecule has 0 aliphatic carbocycles. The number of hydrogen-bond acceptors (Lipinski definition) is 2. The van der Waals surface area contributed by atoms with Gasteiger partial charge in [-0.25, -0.2) is 4.39 Å². The summed E-state index contributed by atoms with van der Waals surface area (Å²) < 4.78 is 51.5. The minimum Gasteiger partial charge on any atom is -0.386 e. The van der Waals surface area contributed by atoms with Crippen molar-refractivity contribution in [2.75, 3.05) is 6.54 Å². The van der Waals surface area contributed by atoms with Crippen LogP contribution in [0.5, 0.6) is 0 Å². The van der Waals surface area contributed by atoms with Crippen molar-refractivity contribution in [1.29, 1.82) is 0 Å². The molecule has 0 amide bonds. The van der Waals surface area contributed by atoms with Gasteiger partial charge in [-0.3, -0.25) is 0 Å². The van der Waals surface area contributed by atoms with E-state index in [0.29, 0.717) is 5.82 Å². The van der Waals surface area contributed by atoms with Gasteiger partial charge in [-0.1, -0.05) is 12.1 Å². The zero-order chi connectivity index (χ0) is 12.6. The van der Waals surface area contributed by atoms with Crippen molar-refractivity contribution < 1.29 is 17.6 Å². The van der Waals surface area contributed by atoms with Crippen LogP contribution in [0.25, 0.3) is 0 Å². The van der Waals surface area contributed by atoms with Crippen molar-refractivity contribution in [3.8, 4) is 0 Å². The molecule has 2 rings (SSSR count). The van der Waals surface area contributed by atoms with Crippen LogP contribution >= 0.6 is 0 Å². The summed E-state index contributed by atoms with van der Waals surface area (Å²) in [6.07, 6.45) is -3.24. The van der Waals surface area contributed by atoms with Crippen LogP contribution < -0.4 is 11.1 Å². The van der Waals surface area contributed by atoms with Crippen LogP contribution in [-0.4, -0.2) is 6.54 Å². The highest BCUT2D eigenvalue weighted by Crippen LogP contribution is 2.38. The molecule has 2 nitrogen and oxygen atoms in total. The topological polar surface area (TPSA) is 38.0 Å². The van der Waals surface area contributed by atoms with E-state index in [1.54, 1.807) is 0 Å². The Labute approximate surface area is 95.1 Å². The van der Waals surface area contributed by atoms with Gasteiger partial charge in [0.1, 0.15) is 5.82 Å². The molecule has 0 aromatic heterocycles. The number of alkyl halides is 3. The molecule has 0 fully saturated rings. The Morgan fingerprint density at radius 3 is 2.53 bits per heavy atom. The highest BCUT2D eigenvalue weighted by molar-refractivity contribution is 5.38. The van der Waals surface area contributed by atoms with Crippen LogP contribution in [0.3, 0.4) is 0 Å². The lowest BCUT2D eigenvalue weighted by atomic mass is 9.94. The highest BCUT2D eigenvalue weighted by Gasteiger charge is 2.38. The van der Waals surface area contributed by atoms with Crippen LogP contribution in [0.15, 0.2) is 30.1 Å². The molecule has 0 bridgehead atoms. The molecule has 0 saturated heterocycles. The maximum atomic E-state index is 13.3. The lowest BCUT2D eigenvalue weighted by Gasteiger charge is -2.16. The molecule has 1 aliphatic heterocycles. The van der Waals surface area contributed by atoms with E-state index < -0.39 is 23.5 Å². The molecule has 0 spiro atoms. The first-order valence-electron chi connectivity index (χ1n) is 4.96. The van der Waals surface area contributed by atoms with E-state index in [-0.39, 0.29) is 12.1 Å². The Morgan fingerprint density at radius 1 is 1.29 bits per heavy atom. The van der Waals surface area contributed by atoms with Gasteiger partial charge in [0.05, 0.1) is 11.4 Å². The quantitative estimate of drug-likeness (QED) is 0.746. The number of nitrogens with one attached hydrogen (secondary N) is 1. The summed E-state index contributed by atoms with van der Waals surface area (Å²) in [5.41, 5.74) is 4.13. The molecule has 3 N–H and O–H groups in total. The summed E-state index contributed by atoms with van der Waals surface area (Å²) in [5.74, 6) is -1.50. The van der Waals surface area contributed by atoms with Gasteiger partial charge < -0.3 is 11.1 Å². The fraction of sp³-hybridized carbons (Fsp3) is 0.273. The lowest BCUT2D eigenvalue weighted by molar-refractivity contribution is -0.140. The monoisotopic (exact) mass is 246 g/mol. The summed E-state index contributed by atoms with van der Waals surface area (Å²) in [7, 11) is 0. The van der Waals surface area contributed by atoms with Gasteiger partial charge >= 0.3 is 6.18 Å². The molecule has 1 heterocycles. The zero-order valence-corrected chi connectivity index (χ0v) is 8.68. The molecule has 17 heavy (non-hydrogen) atoms. The highest BCUT2D eigenvalue weighted by atomic mass is 19.4. The summed E-state index contributed by atoms with van der Waals surface area (Å²) >= 11 is 0. The van der Waals surface area contributed by atoms with Crippen LogP contribution in [0.2, 0.25) is 0 Å². The Morgan fingerprint density at radius 2 is 2.00 bits per heavy atom. The van der Waals surface area contributed by atoms with Crippen molar-refractivity contribution in [2.45, 2.75) is 12.1 Å². The second-order valence-corrected chi connectivity index (χ2v) is 3.81. The predicted molar refractivity (Wildman–Crippen MR) is 54.4 cm³/mol. The third kappa shape index (κ3) is 2.20. The molecule has 1 aliphatic rings. The second-order valence-electron chi connectivity index (χ2n) is 3.81. The second kappa shape index (κ2) is 3.94. The van der Waals surface area contributed by atoms with Crippen molar-refractivity contribution in [1.82, 2.24) is 5.32 Å². The van der Waals surface area contributed by atoms with Crippen LogP contribution in [-0.2, 0) is 6.18 Å². The van der Waals surface area contributed by atoms with Crippen molar-refractivity contribution in [3.05, 3.63) is 47.0 Å². The number of benzene rings is 1. The Kier molecular flexibility index (Phi) is 2.73. The van der Waals surface area contributed by atoms with E-state index in [4.69, 9.17) is 5.73 Å². The number of hydrogen-bond donors (Lipinski definition) is 2. The number of nitrogens with two attached hydrogens (primary N) is 1. The fourth-order valence-electron chi connectivity index (χ4n) is 1.91. The normalized spacial score (nSPS) is 20.0. The van der Waals surface area contributed by atoms with E-state index in [2.05, 4.69) is 5.32 Å². The van der Waals surface area contributed by atoms with Crippen molar-refractivity contribution >= 4 is 0 Å².